The van der Waals surface area contributed by atoms with Gasteiger partial charge < -0.3 is 36.4 Å². The van der Waals surface area contributed by atoms with Gasteiger partial charge in [0.25, 0.3) is 5.91 Å². The van der Waals surface area contributed by atoms with Crippen LogP contribution in [-0.2, 0) is 24.0 Å². The maximum atomic E-state index is 13.0. The minimum atomic E-state index is -1.49. The summed E-state index contributed by atoms with van der Waals surface area (Å²) >= 11 is 2.29. The molecule has 34 heavy (non-hydrogen) atoms. The zero-order valence-electron chi connectivity index (χ0n) is 17.7. The second kappa shape index (κ2) is 9.50. The molecule has 1 aromatic rings. The predicted molar refractivity (Wildman–Crippen MR) is 122 cm³/mol. The van der Waals surface area contributed by atoms with Crippen molar-refractivity contribution in [3.63, 3.8) is 0 Å². The summed E-state index contributed by atoms with van der Waals surface area (Å²) in [7, 11) is 0. The van der Waals surface area contributed by atoms with Crippen LogP contribution in [0.1, 0.15) is 18.5 Å². The molecule has 182 valence electrons. The Labute approximate surface area is 201 Å². The number of ether oxygens (including phenoxy) is 1. The van der Waals surface area contributed by atoms with E-state index in [1.807, 2.05) is 12.2 Å². The molecule has 1 aliphatic carbocycles. The molecule has 3 unspecified atom stereocenters. The Kier molecular flexibility index (Phi) is 6.65. The Balaban J connectivity index is 1.45. The van der Waals surface area contributed by atoms with Gasteiger partial charge in [0.05, 0.1) is 0 Å². The van der Waals surface area contributed by atoms with E-state index in [4.69, 9.17) is 21.0 Å². The first-order chi connectivity index (χ1) is 16.2. The van der Waals surface area contributed by atoms with Crippen molar-refractivity contribution in [3.8, 4) is 0 Å². The number of hydrogen-bond acceptors (Lipinski definition) is 11. The van der Waals surface area contributed by atoms with Crippen LogP contribution in [0.25, 0.3) is 0 Å². The molecule has 4 atom stereocenters. The van der Waals surface area contributed by atoms with Gasteiger partial charge in [0.15, 0.2) is 10.8 Å². The van der Waals surface area contributed by atoms with Crippen LogP contribution in [0.5, 0.6) is 0 Å². The van der Waals surface area contributed by atoms with Crippen molar-refractivity contribution in [2.45, 2.75) is 30.4 Å². The molecule has 0 saturated carbocycles. The number of primary amides is 1. The van der Waals surface area contributed by atoms with Crippen LogP contribution in [0.15, 0.2) is 22.7 Å². The summed E-state index contributed by atoms with van der Waals surface area (Å²) in [6, 6.07) is -0.895. The normalized spacial score (nSPS) is 28.1. The smallest absolute Gasteiger partial charge is 0.404 e. The molecular formula is C19H22N6O7S2. The summed E-state index contributed by atoms with van der Waals surface area (Å²) in [6.45, 7) is -0.646. The van der Waals surface area contributed by atoms with Gasteiger partial charge in [0, 0.05) is 17.7 Å². The van der Waals surface area contributed by atoms with E-state index in [-0.39, 0.29) is 34.9 Å². The minimum absolute atomic E-state index is 0.0527. The number of nitrogens with zero attached hydrogens (tertiary/aromatic N) is 3. The number of carboxylic acids is 1. The third-order valence-electron chi connectivity index (χ3n) is 5.60. The van der Waals surface area contributed by atoms with E-state index in [9.17, 15) is 24.3 Å². The summed E-state index contributed by atoms with van der Waals surface area (Å²) in [5.74, 6) is -2.30. The Morgan fingerprint density at radius 2 is 2.21 bits per heavy atom. The Morgan fingerprint density at radius 3 is 2.82 bits per heavy atom. The topological polar surface area (TPSA) is 200 Å². The van der Waals surface area contributed by atoms with Crippen LogP contribution in [-0.4, -0.2) is 81.0 Å². The second-order valence-electron chi connectivity index (χ2n) is 7.97. The van der Waals surface area contributed by atoms with E-state index in [0.29, 0.717) is 0 Å². The van der Waals surface area contributed by atoms with Crippen LogP contribution >= 0.6 is 23.1 Å². The Bertz CT molecular complexity index is 1080. The summed E-state index contributed by atoms with van der Waals surface area (Å²) in [5.41, 5.74) is 9.27. The number of nitrogen functional groups attached to an aromatic ring is 1. The van der Waals surface area contributed by atoms with E-state index in [0.717, 1.165) is 35.9 Å². The number of carbonyl (C=O) groups excluding carboxylic acids is 3. The first-order valence-corrected chi connectivity index (χ1v) is 12.1. The second-order valence-corrected chi connectivity index (χ2v) is 9.97. The summed E-state index contributed by atoms with van der Waals surface area (Å²) in [5, 5.41) is 17.6. The van der Waals surface area contributed by atoms with Crippen LogP contribution in [0.3, 0.4) is 0 Å². The number of carboxylic acid groups (broad SMARTS) is 1. The number of thiazole rings is 1. The van der Waals surface area contributed by atoms with Gasteiger partial charge in [-0.1, -0.05) is 11.2 Å². The highest BCUT2D eigenvalue weighted by Crippen LogP contribution is 2.42. The number of β-lactam (4-membered cyclic amide) rings is 1. The van der Waals surface area contributed by atoms with Gasteiger partial charge in [-0.3, -0.25) is 14.4 Å². The number of thioether (sulfide) groups is 1. The van der Waals surface area contributed by atoms with Gasteiger partial charge in [-0.2, -0.15) is 0 Å². The van der Waals surface area contributed by atoms with Crippen LogP contribution in [0.2, 0.25) is 0 Å². The number of amides is 3. The van der Waals surface area contributed by atoms with Crippen LogP contribution in [0.4, 0.5) is 9.93 Å². The molecule has 13 nitrogen and oxygen atoms in total. The summed E-state index contributed by atoms with van der Waals surface area (Å²) < 4.78 is 4.72. The molecule has 3 aliphatic rings. The van der Waals surface area contributed by atoms with E-state index >= 15 is 0 Å². The van der Waals surface area contributed by atoms with Gasteiger partial charge in [-0.05, 0) is 18.9 Å². The summed E-state index contributed by atoms with van der Waals surface area (Å²) in [4.78, 5) is 59.5. The van der Waals surface area contributed by atoms with Crippen molar-refractivity contribution in [1.82, 2.24) is 15.2 Å². The maximum Gasteiger partial charge on any atom is 0.404 e. The zero-order chi connectivity index (χ0) is 24.5. The summed E-state index contributed by atoms with van der Waals surface area (Å²) in [6.07, 6.45) is 4.01. The van der Waals surface area contributed by atoms with E-state index in [2.05, 4.69) is 15.5 Å². The van der Waals surface area contributed by atoms with E-state index < -0.39 is 47.3 Å². The fourth-order valence-electron chi connectivity index (χ4n) is 3.74. The number of nitrogens with two attached hydrogens (primary N) is 2. The first kappa shape index (κ1) is 23.8. The van der Waals surface area contributed by atoms with Crippen molar-refractivity contribution in [1.29, 1.82) is 0 Å². The van der Waals surface area contributed by atoms with Gasteiger partial charge in [0.1, 0.15) is 35.2 Å². The Hall–Kier alpha value is -3.33. The largest absolute Gasteiger partial charge is 0.481 e. The number of allylic oxidation sites excluding steroid dienone is 1. The highest BCUT2D eigenvalue weighted by Gasteiger charge is 2.58. The van der Waals surface area contributed by atoms with Gasteiger partial charge in [-0.25, -0.2) is 9.78 Å². The van der Waals surface area contributed by atoms with Gasteiger partial charge in [-0.15, -0.1) is 23.1 Å². The quantitative estimate of drug-likeness (QED) is 0.156. The lowest BCUT2D eigenvalue weighted by molar-refractivity contribution is -0.160. The number of rotatable bonds is 8. The van der Waals surface area contributed by atoms with Crippen LogP contribution < -0.4 is 16.8 Å². The number of aromatic nitrogens is 1. The zero-order valence-corrected chi connectivity index (χ0v) is 19.3. The number of hydrogen-bond donors (Lipinski definition) is 4. The average molecular weight is 511 g/mol. The van der Waals surface area contributed by atoms with Crippen LogP contribution in [0, 0.1) is 5.41 Å². The molecule has 2 aliphatic heterocycles. The molecule has 0 spiro atoms. The number of nitrogens with one attached hydrogen (secondary N) is 1. The highest BCUT2D eigenvalue weighted by atomic mass is 32.2. The number of oxime groups is 1. The Morgan fingerprint density at radius 1 is 1.41 bits per heavy atom. The van der Waals surface area contributed by atoms with E-state index in [1.54, 1.807) is 5.38 Å². The average Bonchev–Trinajstić information content (AvgIpc) is 3.47. The maximum absolute atomic E-state index is 13.0. The minimum Gasteiger partial charge on any atom is -0.481 e. The van der Waals surface area contributed by atoms with Gasteiger partial charge >= 0.3 is 12.1 Å². The number of anilines is 1. The molecule has 1 aromatic heterocycles. The number of carbonyl (C=O) groups is 4. The predicted octanol–water partition coefficient (Wildman–Crippen LogP) is -0.269. The standard InChI is InChI=1S/C19H22N6O7S2/c20-17-22-10(5-33-17)11(24-32-9-3-1-2-4-9)13(26)23-12-14(27)25-6-19(16(28)29,7-31-18(21)30)8-34-15(12)25/h1,3,5,9,12,15H,2,4,6-8H2,(H2,20,22)(H2,21,30)(H,23,26)(H,28,29)/t9?,12?,15-,19?/m1/s1. The molecule has 3 amide bonds. The molecule has 2 saturated heterocycles. The van der Waals surface area contributed by atoms with Crippen molar-refractivity contribution in [3.05, 3.63) is 23.2 Å². The van der Waals surface area contributed by atoms with Crippen molar-refractivity contribution < 1.29 is 33.9 Å². The molecule has 4 rings (SSSR count). The molecule has 15 heteroatoms. The third kappa shape index (κ3) is 4.65. The van der Waals surface area contributed by atoms with Crippen molar-refractivity contribution in [2.24, 2.45) is 16.3 Å². The lowest BCUT2D eigenvalue weighted by atomic mass is 9.88. The molecular weight excluding hydrogens is 488 g/mol. The van der Waals surface area contributed by atoms with Crippen molar-refractivity contribution in [2.75, 3.05) is 24.6 Å². The number of fused-ring (bicyclic) bond motifs is 1. The molecule has 0 aromatic carbocycles. The number of aliphatic carboxylic acids is 1. The lowest BCUT2D eigenvalue weighted by Gasteiger charge is -2.53. The fourth-order valence-corrected chi connectivity index (χ4v) is 5.81. The molecule has 3 heterocycles. The lowest BCUT2D eigenvalue weighted by Crippen LogP contribution is -2.74. The van der Waals surface area contributed by atoms with Crippen molar-refractivity contribution >= 4 is 57.8 Å². The first-order valence-electron chi connectivity index (χ1n) is 10.2. The monoisotopic (exact) mass is 510 g/mol. The SMILES string of the molecule is NC(=O)OCC1(C(=O)O)CS[C@@H]2C(NC(=O)C(=NOC3C=CCC3)c3csc(N)n3)C(=O)N2C1. The van der Waals surface area contributed by atoms with E-state index in [1.165, 1.54) is 4.90 Å². The molecule has 6 N–H and O–H groups in total. The molecule has 2 fully saturated rings. The molecule has 0 radical (unpaired) electrons. The fraction of sp³-hybridized carbons (Fsp3) is 0.474. The van der Waals surface area contributed by atoms with Gasteiger partial charge in [0.2, 0.25) is 5.91 Å². The third-order valence-corrected chi connectivity index (χ3v) is 7.86. The molecule has 0 bridgehead atoms. The highest BCUT2D eigenvalue weighted by molar-refractivity contribution is 8.00.